The van der Waals surface area contributed by atoms with Gasteiger partial charge in [0, 0.05) is 27.1 Å². The van der Waals surface area contributed by atoms with Crippen molar-refractivity contribution in [3.8, 4) is 0 Å². The van der Waals surface area contributed by atoms with Crippen molar-refractivity contribution in [3.63, 3.8) is 0 Å². The van der Waals surface area contributed by atoms with Gasteiger partial charge in [0.25, 0.3) is 11.9 Å². The summed E-state index contributed by atoms with van der Waals surface area (Å²) in [7, 11) is 0. The van der Waals surface area contributed by atoms with Crippen LogP contribution in [0.3, 0.4) is 0 Å². The molecule has 1 fully saturated rings. The van der Waals surface area contributed by atoms with Crippen molar-refractivity contribution < 1.29 is 34.4 Å². The lowest BCUT2D eigenvalue weighted by Gasteiger charge is -2.34. The van der Waals surface area contributed by atoms with E-state index in [4.69, 9.17) is 29.3 Å². The lowest BCUT2D eigenvalue weighted by molar-refractivity contribution is -0.135. The molecule has 0 aromatic heterocycles. The number of rotatable bonds is 6. The van der Waals surface area contributed by atoms with Gasteiger partial charge in [0.1, 0.15) is 0 Å². The van der Waals surface area contributed by atoms with Gasteiger partial charge >= 0.3 is 0 Å². The molecule has 3 N–H and O–H groups in total. The number of aliphatic hydroxyl groups is 1. The van der Waals surface area contributed by atoms with E-state index in [0.717, 1.165) is 26.7 Å². The van der Waals surface area contributed by atoms with E-state index in [1.807, 2.05) is 26.8 Å². The fourth-order valence-corrected chi connectivity index (χ4v) is 3.43. The first-order chi connectivity index (χ1) is 15.7. The maximum Gasteiger partial charge on any atom is 0.300 e. The summed E-state index contributed by atoms with van der Waals surface area (Å²) in [4.78, 5) is 18.0. The predicted molar refractivity (Wildman–Crippen MR) is 137 cm³/mol. The molecule has 200 valence electrons. The quantitative estimate of drug-likeness (QED) is 0.383. The van der Waals surface area contributed by atoms with E-state index < -0.39 is 11.9 Å². The van der Waals surface area contributed by atoms with Gasteiger partial charge < -0.3 is 24.8 Å². The van der Waals surface area contributed by atoms with Crippen LogP contribution in [0, 0.1) is 11.3 Å². The minimum atomic E-state index is -0.833. The van der Waals surface area contributed by atoms with Crippen LogP contribution in [-0.4, -0.2) is 52.4 Å². The van der Waals surface area contributed by atoms with Crippen LogP contribution in [0.5, 0.6) is 0 Å². The Morgan fingerprint density at radius 3 is 1.88 bits per heavy atom. The van der Waals surface area contributed by atoms with Crippen molar-refractivity contribution in [1.82, 2.24) is 0 Å². The van der Waals surface area contributed by atoms with E-state index in [2.05, 4.69) is 32.9 Å². The zero-order chi connectivity index (χ0) is 26.8. The highest BCUT2D eigenvalue weighted by Crippen LogP contribution is 2.34. The molecule has 0 saturated heterocycles. The summed E-state index contributed by atoms with van der Waals surface area (Å²) in [6.07, 6.45) is 14.6. The molecule has 0 amide bonds. The molecule has 0 spiro atoms. The van der Waals surface area contributed by atoms with Gasteiger partial charge in [-0.1, -0.05) is 51.3 Å². The van der Waals surface area contributed by atoms with Gasteiger partial charge in [-0.25, -0.2) is 0 Å². The number of allylic oxidation sites excluding steroid dienone is 3. The van der Waals surface area contributed by atoms with Gasteiger partial charge in [-0.2, -0.15) is 0 Å². The van der Waals surface area contributed by atoms with Gasteiger partial charge in [0.15, 0.2) is 6.29 Å². The van der Waals surface area contributed by atoms with Crippen molar-refractivity contribution in [3.05, 3.63) is 23.8 Å². The first-order valence-corrected chi connectivity index (χ1v) is 12.4. The van der Waals surface area contributed by atoms with Gasteiger partial charge in [-0.05, 0) is 70.3 Å². The van der Waals surface area contributed by atoms with E-state index in [-0.39, 0.29) is 11.9 Å². The molecule has 1 saturated carbocycles. The first-order valence-electron chi connectivity index (χ1n) is 12.4. The van der Waals surface area contributed by atoms with Gasteiger partial charge in [0.05, 0.1) is 5.60 Å². The molecule has 2 aliphatic rings. The Kier molecular flexibility index (Phi) is 18.9. The molecule has 0 radical (unpaired) electrons. The molecule has 0 heterocycles. The highest BCUT2D eigenvalue weighted by atomic mass is 16.7. The average Bonchev–Trinajstić information content (AvgIpc) is 2.69. The summed E-state index contributed by atoms with van der Waals surface area (Å²) < 4.78 is 11.0. The molecule has 0 aromatic carbocycles. The number of aliphatic carboxylic acids is 2. The van der Waals surface area contributed by atoms with Crippen LogP contribution in [0.2, 0.25) is 0 Å². The molecular formula is C27H50O7. The highest BCUT2D eigenvalue weighted by Gasteiger charge is 2.30. The number of carboxylic acids is 2. The fourth-order valence-electron chi connectivity index (χ4n) is 3.43. The lowest BCUT2D eigenvalue weighted by Crippen LogP contribution is -2.35. The normalized spacial score (nSPS) is 23.4. The van der Waals surface area contributed by atoms with Crippen molar-refractivity contribution in [2.45, 2.75) is 112 Å². The summed E-state index contributed by atoms with van der Waals surface area (Å²) in [6, 6.07) is 0. The third kappa shape index (κ3) is 20.9. The Labute approximate surface area is 207 Å². The molecule has 7 nitrogen and oxygen atoms in total. The van der Waals surface area contributed by atoms with Gasteiger partial charge in [-0.15, -0.1) is 0 Å². The van der Waals surface area contributed by atoms with Crippen LogP contribution in [0.1, 0.15) is 100 Å². The SMILES string of the molecule is CC(=O)O.CC(=O)O.CC1CCCCC1(C)O.CCOC(C=CC1=CCC(C)(C)CC1)OCC. The van der Waals surface area contributed by atoms with E-state index in [1.165, 1.54) is 37.7 Å². The second-order valence-electron chi connectivity index (χ2n) is 9.83. The minimum Gasteiger partial charge on any atom is -0.481 e. The van der Waals surface area contributed by atoms with Crippen molar-refractivity contribution >= 4 is 11.9 Å². The van der Waals surface area contributed by atoms with Crippen molar-refractivity contribution in [1.29, 1.82) is 0 Å². The highest BCUT2D eigenvalue weighted by molar-refractivity contribution is 5.63. The Morgan fingerprint density at radius 1 is 1.06 bits per heavy atom. The van der Waals surface area contributed by atoms with Gasteiger partial charge in [0.2, 0.25) is 0 Å². The summed E-state index contributed by atoms with van der Waals surface area (Å²) >= 11 is 0. The standard InChI is InChI=1S/C15H26O2.C8H16O.2C2H4O2/c1-5-16-14(17-6-2)8-7-13-9-11-15(3,4)12-10-13;1-7-5-3-4-6-8(7,2)9;2*1-2(3)4/h7-9,14H,5-6,10-12H2,1-4H3;7,9H,3-6H2,1-2H3;2*1H3,(H,3,4). The Morgan fingerprint density at radius 2 is 1.56 bits per heavy atom. The second kappa shape index (κ2) is 18.6. The predicted octanol–water partition coefficient (Wildman–Crippen LogP) is 6.21. The zero-order valence-electron chi connectivity index (χ0n) is 22.7. The molecule has 0 bridgehead atoms. The summed E-state index contributed by atoms with van der Waals surface area (Å²) in [5.74, 6) is -1.16. The Balaban J connectivity index is 0. The first kappa shape index (κ1) is 34.5. The van der Waals surface area contributed by atoms with E-state index in [9.17, 15) is 5.11 Å². The smallest absolute Gasteiger partial charge is 0.300 e. The summed E-state index contributed by atoms with van der Waals surface area (Å²) in [6.45, 7) is 16.3. The number of carbonyl (C=O) groups is 2. The topological polar surface area (TPSA) is 113 Å². The van der Waals surface area contributed by atoms with E-state index >= 15 is 0 Å². The summed E-state index contributed by atoms with van der Waals surface area (Å²) in [5.41, 5.74) is 1.52. The van der Waals surface area contributed by atoms with Crippen LogP contribution in [0.15, 0.2) is 23.8 Å². The van der Waals surface area contributed by atoms with Crippen molar-refractivity contribution in [2.24, 2.45) is 11.3 Å². The molecule has 2 aliphatic carbocycles. The third-order valence-corrected chi connectivity index (χ3v) is 5.77. The Hall–Kier alpha value is -1.70. The zero-order valence-corrected chi connectivity index (χ0v) is 22.7. The summed E-state index contributed by atoms with van der Waals surface area (Å²) in [5, 5.41) is 24.5. The van der Waals surface area contributed by atoms with Crippen molar-refractivity contribution in [2.75, 3.05) is 13.2 Å². The van der Waals surface area contributed by atoms with Crippen LogP contribution in [0.4, 0.5) is 0 Å². The molecule has 2 rings (SSSR count). The van der Waals surface area contributed by atoms with E-state index in [0.29, 0.717) is 24.5 Å². The van der Waals surface area contributed by atoms with Crippen LogP contribution >= 0.6 is 0 Å². The number of carboxylic acid groups (broad SMARTS) is 2. The fraction of sp³-hybridized carbons (Fsp3) is 0.778. The Bertz CT molecular complexity index is 594. The monoisotopic (exact) mass is 486 g/mol. The molecule has 0 aromatic rings. The van der Waals surface area contributed by atoms with Crippen LogP contribution in [-0.2, 0) is 19.1 Å². The number of ether oxygens (including phenoxy) is 2. The molecule has 7 heteroatoms. The molecule has 2 atom stereocenters. The largest absolute Gasteiger partial charge is 0.481 e. The molecular weight excluding hydrogens is 436 g/mol. The van der Waals surface area contributed by atoms with Crippen LogP contribution < -0.4 is 0 Å². The molecule has 2 unspecified atom stereocenters. The molecule has 34 heavy (non-hydrogen) atoms. The average molecular weight is 487 g/mol. The molecule has 0 aliphatic heterocycles. The minimum absolute atomic E-state index is 0.194. The number of hydrogen-bond acceptors (Lipinski definition) is 5. The number of hydrogen-bond donors (Lipinski definition) is 3. The van der Waals surface area contributed by atoms with Gasteiger partial charge in [-0.3, -0.25) is 9.59 Å². The second-order valence-corrected chi connectivity index (χ2v) is 9.83. The maximum absolute atomic E-state index is 9.64. The maximum atomic E-state index is 9.64. The third-order valence-electron chi connectivity index (χ3n) is 5.77. The lowest BCUT2D eigenvalue weighted by atomic mass is 9.78. The van der Waals surface area contributed by atoms with Crippen LogP contribution in [0.25, 0.3) is 0 Å². The van der Waals surface area contributed by atoms with E-state index in [1.54, 1.807) is 0 Å².